The highest BCUT2D eigenvalue weighted by atomic mass is 15.0. The number of hydrogen-bond acceptors (Lipinski definition) is 3. The number of nitrogens with two attached hydrogens (primary N) is 1. The molecule has 3 heteroatoms. The van der Waals surface area contributed by atoms with Gasteiger partial charge >= 0.3 is 0 Å². The van der Waals surface area contributed by atoms with Crippen molar-refractivity contribution in [1.29, 1.82) is 0 Å². The summed E-state index contributed by atoms with van der Waals surface area (Å²) in [7, 11) is 4.21. The normalized spacial score (nSPS) is 9.50. The van der Waals surface area contributed by atoms with Crippen LogP contribution in [0, 0.1) is 0 Å². The first-order valence-corrected chi connectivity index (χ1v) is 4.74. The molecule has 0 aromatic rings. The van der Waals surface area contributed by atoms with Gasteiger partial charge in [-0.25, -0.2) is 0 Å². The lowest BCUT2D eigenvalue weighted by Crippen LogP contribution is -2.20. The summed E-state index contributed by atoms with van der Waals surface area (Å²) in [6.07, 6.45) is 1.25. The van der Waals surface area contributed by atoms with Crippen molar-refractivity contribution in [2.75, 3.05) is 40.3 Å². The highest BCUT2D eigenvalue weighted by molar-refractivity contribution is 4.47. The van der Waals surface area contributed by atoms with Crippen LogP contribution in [0.15, 0.2) is 0 Å². The van der Waals surface area contributed by atoms with E-state index in [9.17, 15) is 0 Å². The first-order valence-electron chi connectivity index (χ1n) is 4.74. The molecule has 0 saturated carbocycles. The van der Waals surface area contributed by atoms with Gasteiger partial charge in [-0.15, -0.1) is 0 Å². The molecule has 0 saturated heterocycles. The molecule has 0 aliphatic rings. The monoisotopic (exact) mass is 175 g/mol. The van der Waals surface area contributed by atoms with E-state index in [-0.39, 0.29) is 0 Å². The van der Waals surface area contributed by atoms with Gasteiger partial charge in [-0.1, -0.05) is 13.8 Å². The molecule has 0 heterocycles. The summed E-state index contributed by atoms with van der Waals surface area (Å²) in [5, 5.41) is 3.28. The maximum Gasteiger partial charge on any atom is -0.00127 e. The summed E-state index contributed by atoms with van der Waals surface area (Å²) in [5.74, 6) is 0. The van der Waals surface area contributed by atoms with Crippen LogP contribution < -0.4 is 11.1 Å². The smallest absolute Gasteiger partial charge is 0.00127 e. The van der Waals surface area contributed by atoms with E-state index in [0.717, 1.165) is 19.6 Å². The van der Waals surface area contributed by atoms with Gasteiger partial charge in [0.05, 0.1) is 0 Å². The Morgan fingerprint density at radius 1 is 1.25 bits per heavy atom. The van der Waals surface area contributed by atoms with Crippen molar-refractivity contribution in [3.05, 3.63) is 0 Å². The van der Waals surface area contributed by atoms with Gasteiger partial charge in [0.25, 0.3) is 0 Å². The second-order valence-electron chi connectivity index (χ2n) is 2.92. The highest BCUT2D eigenvalue weighted by Crippen LogP contribution is 1.79. The fourth-order valence-corrected chi connectivity index (χ4v) is 0.697. The molecule has 0 aromatic heterocycles. The maximum atomic E-state index is 4.85. The second-order valence-corrected chi connectivity index (χ2v) is 2.92. The molecular weight excluding hydrogens is 150 g/mol. The number of hydrogen-bond donors (Lipinski definition) is 2. The Labute approximate surface area is 77.3 Å². The van der Waals surface area contributed by atoms with E-state index in [1.54, 1.807) is 0 Å². The maximum absolute atomic E-state index is 4.85. The molecular formula is C9H25N3. The van der Waals surface area contributed by atoms with E-state index in [2.05, 4.69) is 31.2 Å². The third-order valence-electron chi connectivity index (χ3n) is 1.21. The SMILES string of the molecule is CCN.CCNCCCN(C)C. The summed E-state index contributed by atoms with van der Waals surface area (Å²) in [5.41, 5.74) is 4.85. The summed E-state index contributed by atoms with van der Waals surface area (Å²) in [6.45, 7) is 8.21. The summed E-state index contributed by atoms with van der Waals surface area (Å²) >= 11 is 0. The molecule has 3 N–H and O–H groups in total. The molecule has 0 rings (SSSR count). The minimum absolute atomic E-state index is 0.750. The largest absolute Gasteiger partial charge is 0.331 e. The Bertz CT molecular complexity index is 64.8. The lowest BCUT2D eigenvalue weighted by atomic mass is 10.4. The minimum atomic E-state index is 0.750. The molecule has 0 aliphatic heterocycles. The van der Waals surface area contributed by atoms with Crippen molar-refractivity contribution in [2.45, 2.75) is 20.3 Å². The van der Waals surface area contributed by atoms with Gasteiger partial charge in [-0.2, -0.15) is 0 Å². The van der Waals surface area contributed by atoms with Gasteiger partial charge in [0.2, 0.25) is 0 Å². The molecule has 0 fully saturated rings. The average molecular weight is 175 g/mol. The first kappa shape index (κ1) is 14.4. The molecule has 0 aromatic carbocycles. The molecule has 0 radical (unpaired) electrons. The Morgan fingerprint density at radius 3 is 2.08 bits per heavy atom. The van der Waals surface area contributed by atoms with Crippen LogP contribution in [0.25, 0.3) is 0 Å². The zero-order valence-corrected chi connectivity index (χ0v) is 9.06. The minimum Gasteiger partial charge on any atom is -0.331 e. The quantitative estimate of drug-likeness (QED) is 0.598. The van der Waals surface area contributed by atoms with E-state index in [4.69, 9.17) is 5.73 Å². The predicted molar refractivity (Wildman–Crippen MR) is 56.4 cm³/mol. The Morgan fingerprint density at radius 2 is 1.75 bits per heavy atom. The molecule has 0 bridgehead atoms. The van der Waals surface area contributed by atoms with Crippen LogP contribution >= 0.6 is 0 Å². The van der Waals surface area contributed by atoms with Crippen molar-refractivity contribution >= 4 is 0 Å². The van der Waals surface area contributed by atoms with Gasteiger partial charge in [0.1, 0.15) is 0 Å². The summed E-state index contributed by atoms with van der Waals surface area (Å²) < 4.78 is 0. The van der Waals surface area contributed by atoms with Gasteiger partial charge in [-0.05, 0) is 46.7 Å². The van der Waals surface area contributed by atoms with Crippen LogP contribution in [0.3, 0.4) is 0 Å². The molecule has 76 valence electrons. The lowest BCUT2D eigenvalue weighted by Gasteiger charge is -2.08. The molecule has 0 spiro atoms. The lowest BCUT2D eigenvalue weighted by molar-refractivity contribution is 0.395. The average Bonchev–Trinajstić information content (AvgIpc) is 1.99. The Kier molecular flexibility index (Phi) is 16.2. The molecule has 0 unspecified atom stereocenters. The van der Waals surface area contributed by atoms with E-state index >= 15 is 0 Å². The van der Waals surface area contributed by atoms with Gasteiger partial charge < -0.3 is 16.0 Å². The molecule has 0 amide bonds. The third kappa shape index (κ3) is 22.5. The number of rotatable bonds is 5. The molecule has 0 aliphatic carbocycles. The molecule has 0 atom stereocenters. The van der Waals surface area contributed by atoms with Crippen LogP contribution in [0.5, 0.6) is 0 Å². The highest BCUT2D eigenvalue weighted by Gasteiger charge is 1.87. The molecule has 12 heavy (non-hydrogen) atoms. The van der Waals surface area contributed by atoms with Crippen molar-refractivity contribution in [3.8, 4) is 0 Å². The third-order valence-corrected chi connectivity index (χ3v) is 1.21. The van der Waals surface area contributed by atoms with E-state index in [0.29, 0.717) is 0 Å². The van der Waals surface area contributed by atoms with Crippen LogP contribution in [-0.2, 0) is 0 Å². The zero-order valence-electron chi connectivity index (χ0n) is 9.06. The fourth-order valence-electron chi connectivity index (χ4n) is 0.697. The van der Waals surface area contributed by atoms with Gasteiger partial charge in [0.15, 0.2) is 0 Å². The van der Waals surface area contributed by atoms with Crippen molar-refractivity contribution in [1.82, 2.24) is 10.2 Å². The second kappa shape index (κ2) is 13.5. The van der Waals surface area contributed by atoms with E-state index in [1.807, 2.05) is 6.92 Å². The fraction of sp³-hybridized carbons (Fsp3) is 1.00. The summed E-state index contributed by atoms with van der Waals surface area (Å²) in [4.78, 5) is 2.21. The predicted octanol–water partition coefficient (Wildman–Crippen LogP) is 0.513. The zero-order chi connectivity index (χ0) is 9.82. The van der Waals surface area contributed by atoms with Crippen LogP contribution in [0.4, 0.5) is 0 Å². The number of nitrogens with zero attached hydrogens (tertiary/aromatic N) is 1. The topological polar surface area (TPSA) is 41.3 Å². The van der Waals surface area contributed by atoms with Crippen LogP contribution in [0.1, 0.15) is 20.3 Å². The van der Waals surface area contributed by atoms with Crippen molar-refractivity contribution in [2.24, 2.45) is 5.73 Å². The van der Waals surface area contributed by atoms with Crippen molar-refractivity contribution in [3.63, 3.8) is 0 Å². The first-order chi connectivity index (χ1) is 5.68. The van der Waals surface area contributed by atoms with Gasteiger partial charge in [-0.3, -0.25) is 0 Å². The van der Waals surface area contributed by atoms with E-state index < -0.39 is 0 Å². The van der Waals surface area contributed by atoms with Crippen molar-refractivity contribution < 1.29 is 0 Å². The van der Waals surface area contributed by atoms with Crippen LogP contribution in [0.2, 0.25) is 0 Å². The van der Waals surface area contributed by atoms with Crippen LogP contribution in [-0.4, -0.2) is 45.2 Å². The Hall–Kier alpha value is -0.120. The van der Waals surface area contributed by atoms with E-state index in [1.165, 1.54) is 13.0 Å². The summed E-state index contributed by atoms with van der Waals surface area (Å²) in [6, 6.07) is 0. The van der Waals surface area contributed by atoms with Gasteiger partial charge in [0, 0.05) is 0 Å². The standard InChI is InChI=1S/C7H18N2.C2H7N/c1-4-8-6-5-7-9(2)3;1-2-3/h8H,4-7H2,1-3H3;2-3H2,1H3. The number of nitrogens with one attached hydrogen (secondary N) is 1. The molecule has 3 nitrogen and oxygen atoms in total. The Balaban J connectivity index is 0.